The lowest BCUT2D eigenvalue weighted by Gasteiger charge is -2.38. The summed E-state index contributed by atoms with van der Waals surface area (Å²) in [4.78, 5) is 34.0. The molecule has 0 spiro atoms. The molecule has 1 unspecified atom stereocenters. The third kappa shape index (κ3) is 6.42. The Hall–Kier alpha value is -2.77. The zero-order chi connectivity index (χ0) is 24.0. The molecule has 1 atom stereocenters. The van der Waals surface area contributed by atoms with E-state index in [9.17, 15) is 14.7 Å². The van der Waals surface area contributed by atoms with E-state index in [1.807, 2.05) is 41.3 Å². The maximum absolute atomic E-state index is 12.8. The van der Waals surface area contributed by atoms with Crippen molar-refractivity contribution in [2.45, 2.75) is 57.1 Å². The number of likely N-dealkylation sites (tertiary alicyclic amines) is 2. The lowest BCUT2D eigenvalue weighted by atomic mass is 9.90. The second-order valence-electron chi connectivity index (χ2n) is 9.81. The second-order valence-corrected chi connectivity index (χ2v) is 9.81. The largest absolute Gasteiger partial charge is 0.388 e. The van der Waals surface area contributed by atoms with E-state index in [1.165, 1.54) is 29.8 Å². The van der Waals surface area contributed by atoms with Gasteiger partial charge < -0.3 is 10.0 Å². The highest BCUT2D eigenvalue weighted by Crippen LogP contribution is 2.26. The molecule has 0 saturated carbocycles. The van der Waals surface area contributed by atoms with Crippen LogP contribution in [0, 0.1) is 0 Å². The van der Waals surface area contributed by atoms with Crippen LogP contribution in [0.25, 0.3) is 6.08 Å². The Balaban J connectivity index is 1.28. The van der Waals surface area contributed by atoms with Crippen molar-refractivity contribution in [3.8, 4) is 0 Å². The Labute approximate surface area is 201 Å². The van der Waals surface area contributed by atoms with Gasteiger partial charge in [-0.2, -0.15) is 0 Å². The van der Waals surface area contributed by atoms with Crippen LogP contribution < -0.4 is 5.56 Å². The average molecular weight is 465 g/mol. The Morgan fingerprint density at radius 1 is 1.15 bits per heavy atom. The normalized spacial score (nSPS) is 19.5. The highest BCUT2D eigenvalue weighted by atomic mass is 16.3. The fourth-order valence-corrected chi connectivity index (χ4v) is 4.88. The number of amides is 1. The molecule has 2 fully saturated rings. The molecule has 0 bridgehead atoms. The van der Waals surface area contributed by atoms with Gasteiger partial charge in [-0.1, -0.05) is 43.3 Å². The van der Waals surface area contributed by atoms with Crippen molar-refractivity contribution in [2.75, 3.05) is 32.7 Å². The van der Waals surface area contributed by atoms with Crippen LogP contribution in [0.2, 0.25) is 0 Å². The number of aromatic nitrogens is 2. The third-order valence-corrected chi connectivity index (χ3v) is 7.11. The van der Waals surface area contributed by atoms with Gasteiger partial charge in [0.05, 0.1) is 24.2 Å². The first-order valence-corrected chi connectivity index (χ1v) is 12.4. The van der Waals surface area contributed by atoms with E-state index in [2.05, 4.69) is 22.9 Å². The topological polar surface area (TPSA) is 78.7 Å². The van der Waals surface area contributed by atoms with Crippen molar-refractivity contribution in [1.82, 2.24) is 19.4 Å². The van der Waals surface area contributed by atoms with Crippen LogP contribution >= 0.6 is 0 Å². The highest BCUT2D eigenvalue weighted by molar-refractivity contribution is 5.77. The van der Waals surface area contributed by atoms with Crippen molar-refractivity contribution in [3.05, 3.63) is 70.4 Å². The van der Waals surface area contributed by atoms with Crippen molar-refractivity contribution in [1.29, 1.82) is 0 Å². The molecule has 2 aromatic rings. The minimum Gasteiger partial charge on any atom is -0.388 e. The molecule has 1 N–H and O–H groups in total. The summed E-state index contributed by atoms with van der Waals surface area (Å²) in [5.41, 5.74) is 0.617. The fraction of sp³-hybridized carbons (Fsp3) is 0.519. The Morgan fingerprint density at radius 3 is 2.53 bits per heavy atom. The predicted octanol–water partition coefficient (Wildman–Crippen LogP) is 2.90. The molecule has 3 heterocycles. The molecule has 1 aromatic heterocycles. The third-order valence-electron chi connectivity index (χ3n) is 7.11. The monoisotopic (exact) mass is 464 g/mol. The quantitative estimate of drug-likeness (QED) is 0.650. The first-order valence-electron chi connectivity index (χ1n) is 12.4. The van der Waals surface area contributed by atoms with E-state index >= 15 is 0 Å². The van der Waals surface area contributed by atoms with Gasteiger partial charge in [0.25, 0.3) is 5.56 Å². The van der Waals surface area contributed by atoms with Crippen LogP contribution in [0.5, 0.6) is 0 Å². The van der Waals surface area contributed by atoms with Crippen molar-refractivity contribution < 1.29 is 9.90 Å². The van der Waals surface area contributed by atoms with Crippen LogP contribution in [0.4, 0.5) is 0 Å². The van der Waals surface area contributed by atoms with E-state index in [0.717, 1.165) is 25.2 Å². The number of carbonyl (C=O) groups is 1. The maximum Gasteiger partial charge on any atom is 0.253 e. The lowest BCUT2D eigenvalue weighted by Crippen LogP contribution is -2.49. The number of rotatable bonds is 8. The molecule has 7 heteroatoms. The number of piperidine rings is 1. The summed E-state index contributed by atoms with van der Waals surface area (Å²) in [5.74, 6) is 0.268. The Morgan fingerprint density at radius 2 is 1.85 bits per heavy atom. The first kappa shape index (κ1) is 24.4. The van der Waals surface area contributed by atoms with E-state index < -0.39 is 5.60 Å². The van der Waals surface area contributed by atoms with E-state index in [-0.39, 0.29) is 23.9 Å². The van der Waals surface area contributed by atoms with Crippen LogP contribution in [0.1, 0.15) is 56.2 Å². The van der Waals surface area contributed by atoms with Gasteiger partial charge in [0, 0.05) is 32.1 Å². The standard InChI is InChI=1S/C27H36N4O3/c1-22(23-8-3-2-4-9-23)18-25(32)30-16-11-27(34,12-17-30)20-31-21-28-24(19-26(31)33)10-7-15-29-13-5-6-14-29/h2-4,7-10,19,21-22,34H,5-6,11-18,20H2,1H3. The van der Waals surface area contributed by atoms with Crippen LogP contribution in [-0.2, 0) is 11.3 Å². The molecule has 1 amide bonds. The number of aliphatic hydroxyl groups is 1. The fourth-order valence-electron chi connectivity index (χ4n) is 4.88. The molecule has 2 saturated heterocycles. The SMILES string of the molecule is CC(CC(=O)N1CCC(O)(Cn2cnc(C=CCN3CCCC3)cc2=O)CC1)c1ccccc1. The summed E-state index contributed by atoms with van der Waals surface area (Å²) in [7, 11) is 0. The van der Waals surface area contributed by atoms with Crippen molar-refractivity contribution in [3.63, 3.8) is 0 Å². The predicted molar refractivity (Wildman–Crippen MR) is 133 cm³/mol. The molecule has 2 aliphatic rings. The summed E-state index contributed by atoms with van der Waals surface area (Å²) >= 11 is 0. The van der Waals surface area contributed by atoms with E-state index in [0.29, 0.717) is 38.0 Å². The number of hydrogen-bond acceptors (Lipinski definition) is 5. The van der Waals surface area contributed by atoms with Gasteiger partial charge in [0.2, 0.25) is 5.91 Å². The first-order chi connectivity index (χ1) is 16.4. The van der Waals surface area contributed by atoms with Gasteiger partial charge in [-0.25, -0.2) is 4.98 Å². The van der Waals surface area contributed by atoms with Crippen molar-refractivity contribution >= 4 is 12.0 Å². The summed E-state index contributed by atoms with van der Waals surface area (Å²) in [6, 6.07) is 11.6. The molecular weight excluding hydrogens is 428 g/mol. The summed E-state index contributed by atoms with van der Waals surface area (Å²) < 4.78 is 1.48. The van der Waals surface area contributed by atoms with Crippen LogP contribution in [0.3, 0.4) is 0 Å². The van der Waals surface area contributed by atoms with Gasteiger partial charge in [-0.05, 0) is 56.3 Å². The molecule has 34 heavy (non-hydrogen) atoms. The van der Waals surface area contributed by atoms with Gasteiger partial charge in [-0.15, -0.1) is 0 Å². The minimum absolute atomic E-state index is 0.113. The maximum atomic E-state index is 12.8. The molecule has 182 valence electrons. The van der Waals surface area contributed by atoms with Gasteiger partial charge in [0.15, 0.2) is 0 Å². The zero-order valence-electron chi connectivity index (χ0n) is 20.1. The van der Waals surface area contributed by atoms with Crippen LogP contribution in [-0.4, -0.2) is 68.7 Å². The number of carbonyl (C=O) groups excluding carboxylic acids is 1. The molecule has 0 radical (unpaired) electrons. The van der Waals surface area contributed by atoms with E-state index in [1.54, 1.807) is 0 Å². The second kappa shape index (κ2) is 11.1. The van der Waals surface area contributed by atoms with Crippen LogP contribution in [0.15, 0.2) is 53.6 Å². The summed E-state index contributed by atoms with van der Waals surface area (Å²) in [6.07, 6.45) is 9.32. The number of benzene rings is 1. The molecule has 7 nitrogen and oxygen atoms in total. The summed E-state index contributed by atoms with van der Waals surface area (Å²) in [5, 5.41) is 11.1. The Kier molecular flexibility index (Phi) is 7.95. The lowest BCUT2D eigenvalue weighted by molar-refractivity contribution is -0.136. The van der Waals surface area contributed by atoms with Gasteiger partial charge in [-0.3, -0.25) is 19.1 Å². The van der Waals surface area contributed by atoms with E-state index in [4.69, 9.17) is 0 Å². The summed E-state index contributed by atoms with van der Waals surface area (Å²) in [6.45, 7) is 6.40. The number of nitrogens with zero attached hydrogens (tertiary/aromatic N) is 4. The molecule has 1 aromatic carbocycles. The molecular formula is C27H36N4O3. The average Bonchev–Trinajstić information content (AvgIpc) is 3.35. The smallest absolute Gasteiger partial charge is 0.253 e. The highest BCUT2D eigenvalue weighted by Gasteiger charge is 2.34. The molecule has 2 aliphatic heterocycles. The van der Waals surface area contributed by atoms with Crippen molar-refractivity contribution in [2.24, 2.45) is 0 Å². The molecule has 4 rings (SSSR count). The Bertz CT molecular complexity index is 1040. The van der Waals surface area contributed by atoms with Gasteiger partial charge >= 0.3 is 0 Å². The number of hydrogen-bond donors (Lipinski definition) is 1. The molecule has 0 aliphatic carbocycles. The minimum atomic E-state index is -1.01. The zero-order valence-corrected chi connectivity index (χ0v) is 20.1. The van der Waals surface area contributed by atoms with Gasteiger partial charge in [0.1, 0.15) is 0 Å².